The smallest absolute Gasteiger partial charge is 0.310 e. The van der Waals surface area contributed by atoms with Crippen LogP contribution in [-0.4, -0.2) is 34.0 Å². The van der Waals surface area contributed by atoms with Crippen molar-refractivity contribution in [3.63, 3.8) is 0 Å². The summed E-state index contributed by atoms with van der Waals surface area (Å²) >= 11 is 0. The fourth-order valence-electron chi connectivity index (χ4n) is 10.2. The van der Waals surface area contributed by atoms with Crippen LogP contribution in [0.1, 0.15) is 91.9 Å². The highest BCUT2D eigenvalue weighted by Gasteiger charge is 2.69. The van der Waals surface area contributed by atoms with E-state index in [0.717, 1.165) is 64.2 Å². The van der Waals surface area contributed by atoms with E-state index in [1.54, 1.807) is 0 Å². The topological polar surface area (TPSA) is 77.8 Å². The Hall–Kier alpha value is -1.13. The van der Waals surface area contributed by atoms with Crippen LogP contribution in [0, 0.1) is 44.8 Å². The van der Waals surface area contributed by atoms with Crippen LogP contribution in [0.4, 0.5) is 0 Å². The fourth-order valence-corrected chi connectivity index (χ4v) is 10.2. The molecule has 5 rings (SSSR count). The number of hydrogen-bond acceptors (Lipinski definition) is 3. The molecule has 4 saturated carbocycles. The van der Waals surface area contributed by atoms with E-state index < -0.39 is 22.9 Å². The van der Waals surface area contributed by atoms with E-state index in [9.17, 15) is 20.1 Å². The minimum Gasteiger partial charge on any atom is -0.481 e. The van der Waals surface area contributed by atoms with Crippen molar-refractivity contribution >= 4 is 5.97 Å². The van der Waals surface area contributed by atoms with Gasteiger partial charge in [0.2, 0.25) is 0 Å². The monoisotopic (exact) mass is 456 g/mol. The molecule has 0 aliphatic heterocycles. The molecule has 0 bridgehead atoms. The molecule has 4 fully saturated rings. The molecule has 4 heteroatoms. The first-order valence-corrected chi connectivity index (χ1v) is 13.3. The first kappa shape index (κ1) is 23.6. The maximum atomic E-state index is 12.6. The van der Waals surface area contributed by atoms with Gasteiger partial charge in [-0.2, -0.15) is 0 Å². The van der Waals surface area contributed by atoms with Crippen molar-refractivity contribution < 1.29 is 20.1 Å². The van der Waals surface area contributed by atoms with Crippen molar-refractivity contribution in [1.82, 2.24) is 0 Å². The predicted octanol–water partition coefficient (Wildman–Crippen LogP) is 5.74. The molecule has 4 nitrogen and oxygen atoms in total. The number of rotatable bonds is 2. The number of carboxylic acid groups (broad SMARTS) is 1. The Morgan fingerprint density at radius 2 is 1.79 bits per heavy atom. The normalized spacial score (nSPS) is 53.8. The largest absolute Gasteiger partial charge is 0.481 e. The van der Waals surface area contributed by atoms with Crippen LogP contribution >= 0.6 is 0 Å². The van der Waals surface area contributed by atoms with E-state index in [1.807, 2.05) is 0 Å². The summed E-state index contributed by atoms with van der Waals surface area (Å²) in [7, 11) is 0. The zero-order valence-corrected chi connectivity index (χ0v) is 21.1. The molecule has 0 aromatic rings. The van der Waals surface area contributed by atoms with E-state index in [1.165, 1.54) is 11.1 Å². The second-order valence-corrected chi connectivity index (χ2v) is 13.5. The molecule has 0 radical (unpaired) electrons. The molecule has 5 aliphatic rings. The third-order valence-electron chi connectivity index (χ3n) is 12.6. The number of aliphatic hydroxyl groups is 2. The Morgan fingerprint density at radius 1 is 1.06 bits per heavy atom. The zero-order chi connectivity index (χ0) is 24.0. The second kappa shape index (κ2) is 7.20. The second-order valence-electron chi connectivity index (χ2n) is 13.5. The summed E-state index contributed by atoms with van der Waals surface area (Å²) in [5.74, 6) is 0.270. The standard InChI is InChI=1S/C29H44O4/c1-18-8-13-29(24(32)33)15-14-27(4)19(20(29)16-18)6-7-22-25(2)11-10-23(31)26(3,17-30)21(25)9-12-28(22,27)5/h6,20-23,30-31H,1,7-17H2,2-5H3,(H,32,33)/t20-,21?,22-,23+,25+,26?,27-,28-,29+/m1/s1. The van der Waals surface area contributed by atoms with Gasteiger partial charge in [0.1, 0.15) is 0 Å². The minimum absolute atomic E-state index is 0.00316. The van der Waals surface area contributed by atoms with Gasteiger partial charge < -0.3 is 15.3 Å². The molecule has 0 spiro atoms. The Balaban J connectivity index is 1.59. The van der Waals surface area contributed by atoms with Gasteiger partial charge in [-0.3, -0.25) is 4.79 Å². The molecule has 0 amide bonds. The van der Waals surface area contributed by atoms with Crippen LogP contribution in [-0.2, 0) is 4.79 Å². The van der Waals surface area contributed by atoms with Gasteiger partial charge in [0.25, 0.3) is 0 Å². The lowest BCUT2D eigenvalue weighted by molar-refractivity contribution is -0.215. The first-order valence-electron chi connectivity index (χ1n) is 13.3. The predicted molar refractivity (Wildman–Crippen MR) is 129 cm³/mol. The Kier molecular flexibility index (Phi) is 5.15. The number of allylic oxidation sites excluding steroid dienone is 3. The van der Waals surface area contributed by atoms with Crippen LogP contribution in [0.3, 0.4) is 0 Å². The molecule has 5 aliphatic carbocycles. The van der Waals surface area contributed by atoms with E-state index in [-0.39, 0.29) is 28.8 Å². The molecular formula is C29H44O4. The van der Waals surface area contributed by atoms with Gasteiger partial charge >= 0.3 is 5.97 Å². The van der Waals surface area contributed by atoms with E-state index >= 15 is 0 Å². The van der Waals surface area contributed by atoms with Crippen molar-refractivity contribution in [2.24, 2.45) is 44.8 Å². The molecule has 0 heterocycles. The average molecular weight is 457 g/mol. The molecule has 184 valence electrons. The molecule has 0 saturated heterocycles. The summed E-state index contributed by atoms with van der Waals surface area (Å²) in [5, 5.41) is 31.6. The van der Waals surface area contributed by atoms with Gasteiger partial charge in [-0.15, -0.1) is 0 Å². The van der Waals surface area contributed by atoms with Crippen LogP contribution in [0.15, 0.2) is 23.8 Å². The molecule has 0 aromatic carbocycles. The third kappa shape index (κ3) is 2.74. The van der Waals surface area contributed by atoms with Crippen LogP contribution in [0.2, 0.25) is 0 Å². The maximum Gasteiger partial charge on any atom is 0.310 e. The van der Waals surface area contributed by atoms with E-state index in [0.29, 0.717) is 11.8 Å². The zero-order valence-electron chi connectivity index (χ0n) is 21.1. The molecule has 9 atom stereocenters. The van der Waals surface area contributed by atoms with Gasteiger partial charge in [0, 0.05) is 11.3 Å². The van der Waals surface area contributed by atoms with Gasteiger partial charge in [-0.1, -0.05) is 51.5 Å². The number of hydrogen-bond donors (Lipinski definition) is 3. The highest BCUT2D eigenvalue weighted by molar-refractivity contribution is 5.77. The lowest BCUT2D eigenvalue weighted by Gasteiger charge is -2.71. The van der Waals surface area contributed by atoms with Crippen molar-refractivity contribution in [2.75, 3.05) is 6.61 Å². The maximum absolute atomic E-state index is 12.6. The van der Waals surface area contributed by atoms with Crippen molar-refractivity contribution in [1.29, 1.82) is 0 Å². The summed E-state index contributed by atoms with van der Waals surface area (Å²) in [6.45, 7) is 13.8. The highest BCUT2D eigenvalue weighted by atomic mass is 16.4. The first-order chi connectivity index (χ1) is 15.4. The molecular weight excluding hydrogens is 412 g/mol. The van der Waals surface area contributed by atoms with Crippen molar-refractivity contribution in [2.45, 2.75) is 98.0 Å². The Labute approximate surface area is 199 Å². The Morgan fingerprint density at radius 3 is 2.45 bits per heavy atom. The van der Waals surface area contributed by atoms with Crippen molar-refractivity contribution in [3.8, 4) is 0 Å². The Bertz CT molecular complexity index is 907. The summed E-state index contributed by atoms with van der Waals surface area (Å²) < 4.78 is 0. The number of carbonyl (C=O) groups is 1. The SMILES string of the molecule is C=C1CC[C@]2(C(=O)O)CC[C@]3(C)C(=CC[C@@H]4[C@@]5(C)CC[C@H](O)C(C)(CO)C5CC[C@]43C)[C@H]2C1. The third-order valence-corrected chi connectivity index (χ3v) is 12.6. The lowest BCUT2D eigenvalue weighted by atomic mass is 9.34. The van der Waals surface area contributed by atoms with E-state index in [4.69, 9.17) is 0 Å². The summed E-state index contributed by atoms with van der Waals surface area (Å²) in [5.41, 5.74) is 1.74. The fraction of sp³-hybridized carbons (Fsp3) is 0.828. The quantitative estimate of drug-likeness (QED) is 0.463. The van der Waals surface area contributed by atoms with Crippen LogP contribution in [0.5, 0.6) is 0 Å². The van der Waals surface area contributed by atoms with Crippen LogP contribution < -0.4 is 0 Å². The minimum atomic E-state index is -0.624. The molecule has 33 heavy (non-hydrogen) atoms. The number of aliphatic hydroxyl groups excluding tert-OH is 2. The average Bonchev–Trinajstić information content (AvgIpc) is 2.77. The van der Waals surface area contributed by atoms with Gasteiger partial charge in [-0.25, -0.2) is 0 Å². The summed E-state index contributed by atoms with van der Waals surface area (Å²) in [6, 6.07) is 0. The van der Waals surface area contributed by atoms with Gasteiger partial charge in [0.05, 0.1) is 18.1 Å². The number of carboxylic acids is 1. The highest BCUT2D eigenvalue weighted by Crippen LogP contribution is 2.75. The molecule has 0 aromatic heterocycles. The van der Waals surface area contributed by atoms with Crippen molar-refractivity contribution in [3.05, 3.63) is 23.8 Å². The van der Waals surface area contributed by atoms with Gasteiger partial charge in [0.15, 0.2) is 0 Å². The number of aliphatic carboxylic acids is 1. The summed E-state index contributed by atoms with van der Waals surface area (Å²) in [6.07, 6.45) is 11.0. The number of fused-ring (bicyclic) bond motifs is 7. The van der Waals surface area contributed by atoms with E-state index in [2.05, 4.69) is 40.3 Å². The molecule has 3 N–H and O–H groups in total. The summed E-state index contributed by atoms with van der Waals surface area (Å²) in [4.78, 5) is 12.6. The lowest BCUT2D eigenvalue weighted by Crippen LogP contribution is -2.65. The molecule has 2 unspecified atom stereocenters. The van der Waals surface area contributed by atoms with Gasteiger partial charge in [-0.05, 0) is 92.3 Å². The van der Waals surface area contributed by atoms with Crippen LogP contribution in [0.25, 0.3) is 0 Å².